The largest absolute Gasteiger partial charge is 0.497 e. The van der Waals surface area contributed by atoms with E-state index in [2.05, 4.69) is 0 Å². The monoisotopic (exact) mass is 286 g/mol. The Labute approximate surface area is 119 Å². The Kier molecular flexibility index (Phi) is 2.94. The van der Waals surface area contributed by atoms with Crippen molar-refractivity contribution in [2.45, 2.75) is 0 Å². The molecule has 3 aromatic rings. The molecule has 0 amide bonds. The van der Waals surface area contributed by atoms with Gasteiger partial charge in [-0.15, -0.1) is 0 Å². The molecule has 0 saturated heterocycles. The Hall–Kier alpha value is -2.76. The number of rotatable bonds is 2. The first-order valence-corrected chi connectivity index (χ1v) is 6.37. The van der Waals surface area contributed by atoms with Crippen LogP contribution in [0.15, 0.2) is 44.3 Å². The molecular formula is C15H14N2O4. The summed E-state index contributed by atoms with van der Waals surface area (Å²) in [6.45, 7) is 0. The SMILES string of the molecule is COc1ccc(-c2cc3c(=O)n(C)c(=O)n(C)c3o2)cc1. The molecule has 108 valence electrons. The van der Waals surface area contributed by atoms with Crippen molar-refractivity contribution in [3.8, 4) is 17.1 Å². The second-order valence-electron chi connectivity index (χ2n) is 4.76. The lowest BCUT2D eigenvalue weighted by molar-refractivity contribution is 0.415. The summed E-state index contributed by atoms with van der Waals surface area (Å²) >= 11 is 0. The molecule has 6 heteroatoms. The second kappa shape index (κ2) is 4.66. The molecule has 0 fully saturated rings. The highest BCUT2D eigenvalue weighted by molar-refractivity contribution is 5.79. The highest BCUT2D eigenvalue weighted by Gasteiger charge is 2.15. The number of hydrogen-bond donors (Lipinski definition) is 0. The van der Waals surface area contributed by atoms with Crippen LogP contribution >= 0.6 is 0 Å². The van der Waals surface area contributed by atoms with E-state index < -0.39 is 5.69 Å². The summed E-state index contributed by atoms with van der Waals surface area (Å²) in [4.78, 5) is 24.0. The van der Waals surface area contributed by atoms with E-state index in [0.29, 0.717) is 11.1 Å². The summed E-state index contributed by atoms with van der Waals surface area (Å²) in [6.07, 6.45) is 0. The van der Waals surface area contributed by atoms with E-state index in [9.17, 15) is 9.59 Å². The topological polar surface area (TPSA) is 66.4 Å². The van der Waals surface area contributed by atoms with E-state index in [1.807, 2.05) is 12.1 Å². The van der Waals surface area contributed by atoms with Gasteiger partial charge in [-0.2, -0.15) is 0 Å². The average molecular weight is 286 g/mol. The number of nitrogens with zero attached hydrogens (tertiary/aromatic N) is 2. The van der Waals surface area contributed by atoms with Crippen molar-refractivity contribution in [1.82, 2.24) is 9.13 Å². The van der Waals surface area contributed by atoms with Gasteiger partial charge in [0.2, 0.25) is 5.71 Å². The molecule has 0 aliphatic heterocycles. The quantitative estimate of drug-likeness (QED) is 0.716. The van der Waals surface area contributed by atoms with E-state index in [1.54, 1.807) is 32.4 Å². The predicted molar refractivity (Wildman–Crippen MR) is 78.7 cm³/mol. The van der Waals surface area contributed by atoms with Crippen molar-refractivity contribution in [2.75, 3.05) is 7.11 Å². The maximum atomic E-state index is 12.1. The summed E-state index contributed by atoms with van der Waals surface area (Å²) in [5, 5.41) is 0.380. The lowest BCUT2D eigenvalue weighted by Crippen LogP contribution is -2.36. The Morgan fingerprint density at radius 3 is 2.33 bits per heavy atom. The van der Waals surface area contributed by atoms with Gasteiger partial charge in [0, 0.05) is 19.7 Å². The first-order valence-electron chi connectivity index (χ1n) is 6.37. The van der Waals surface area contributed by atoms with Crippen LogP contribution in [0, 0.1) is 0 Å². The molecule has 1 aromatic carbocycles. The number of hydrogen-bond acceptors (Lipinski definition) is 4. The number of aryl methyl sites for hydroxylation is 1. The zero-order valence-corrected chi connectivity index (χ0v) is 11.9. The van der Waals surface area contributed by atoms with Gasteiger partial charge in [0.05, 0.1) is 7.11 Å². The number of furan rings is 1. The molecule has 21 heavy (non-hydrogen) atoms. The Morgan fingerprint density at radius 1 is 1.05 bits per heavy atom. The van der Waals surface area contributed by atoms with Crippen molar-refractivity contribution < 1.29 is 9.15 Å². The normalized spacial score (nSPS) is 11.0. The molecule has 0 saturated carbocycles. The summed E-state index contributed by atoms with van der Waals surface area (Å²) < 4.78 is 13.2. The van der Waals surface area contributed by atoms with Crippen LogP contribution in [0.5, 0.6) is 5.75 Å². The molecule has 0 aliphatic carbocycles. The van der Waals surface area contributed by atoms with E-state index in [0.717, 1.165) is 15.9 Å². The van der Waals surface area contributed by atoms with E-state index in [4.69, 9.17) is 9.15 Å². The Balaban J connectivity index is 2.26. The lowest BCUT2D eigenvalue weighted by Gasteiger charge is -2.01. The number of methoxy groups -OCH3 is 1. The van der Waals surface area contributed by atoms with Gasteiger partial charge in [-0.3, -0.25) is 13.9 Å². The number of ether oxygens (including phenoxy) is 1. The summed E-state index contributed by atoms with van der Waals surface area (Å²) in [6, 6.07) is 8.93. The number of aromatic nitrogens is 2. The van der Waals surface area contributed by atoms with E-state index in [-0.39, 0.29) is 11.3 Å². The van der Waals surface area contributed by atoms with Crippen LogP contribution in [0.3, 0.4) is 0 Å². The minimum absolute atomic E-state index is 0.272. The van der Waals surface area contributed by atoms with Crippen LogP contribution < -0.4 is 16.0 Å². The van der Waals surface area contributed by atoms with Gasteiger partial charge in [-0.25, -0.2) is 4.79 Å². The minimum Gasteiger partial charge on any atom is -0.497 e. The van der Waals surface area contributed by atoms with Crippen LogP contribution in [0.2, 0.25) is 0 Å². The van der Waals surface area contributed by atoms with Gasteiger partial charge in [0.25, 0.3) is 5.56 Å². The molecule has 3 rings (SSSR count). The van der Waals surface area contributed by atoms with Crippen molar-refractivity contribution in [2.24, 2.45) is 14.1 Å². The highest BCUT2D eigenvalue weighted by Crippen LogP contribution is 2.26. The third-order valence-electron chi connectivity index (χ3n) is 3.50. The third-order valence-corrected chi connectivity index (χ3v) is 3.50. The van der Waals surface area contributed by atoms with Crippen molar-refractivity contribution in [3.63, 3.8) is 0 Å². The van der Waals surface area contributed by atoms with Crippen LogP contribution in [-0.2, 0) is 14.1 Å². The van der Waals surface area contributed by atoms with Crippen LogP contribution in [0.4, 0.5) is 0 Å². The zero-order chi connectivity index (χ0) is 15.1. The van der Waals surface area contributed by atoms with E-state index in [1.165, 1.54) is 11.6 Å². The highest BCUT2D eigenvalue weighted by atomic mass is 16.5. The number of fused-ring (bicyclic) bond motifs is 1. The predicted octanol–water partition coefficient (Wildman–Crippen LogP) is 1.51. The Bertz CT molecular complexity index is 929. The summed E-state index contributed by atoms with van der Waals surface area (Å²) in [7, 11) is 4.62. The number of benzene rings is 1. The molecule has 0 bridgehead atoms. The third kappa shape index (κ3) is 1.96. The maximum absolute atomic E-state index is 12.1. The fourth-order valence-electron chi connectivity index (χ4n) is 2.26. The molecule has 0 unspecified atom stereocenters. The lowest BCUT2D eigenvalue weighted by atomic mass is 10.1. The maximum Gasteiger partial charge on any atom is 0.333 e. The molecular weight excluding hydrogens is 272 g/mol. The molecule has 6 nitrogen and oxygen atoms in total. The van der Waals surface area contributed by atoms with Crippen molar-refractivity contribution in [3.05, 3.63) is 51.2 Å². The van der Waals surface area contributed by atoms with Gasteiger partial charge >= 0.3 is 5.69 Å². The molecule has 0 spiro atoms. The van der Waals surface area contributed by atoms with Gasteiger partial charge in [-0.1, -0.05) is 0 Å². The van der Waals surface area contributed by atoms with Crippen LogP contribution in [0.1, 0.15) is 0 Å². The smallest absolute Gasteiger partial charge is 0.333 e. The summed E-state index contributed by atoms with van der Waals surface area (Å²) in [5.74, 6) is 1.27. The fraction of sp³-hybridized carbons (Fsp3) is 0.200. The fourth-order valence-corrected chi connectivity index (χ4v) is 2.26. The van der Waals surface area contributed by atoms with Gasteiger partial charge in [0.1, 0.15) is 16.9 Å². The summed E-state index contributed by atoms with van der Waals surface area (Å²) in [5.41, 5.74) is 0.301. The van der Waals surface area contributed by atoms with Gasteiger partial charge < -0.3 is 9.15 Å². The minimum atomic E-state index is -0.414. The first-order chi connectivity index (χ1) is 10.0. The van der Waals surface area contributed by atoms with Gasteiger partial charge in [-0.05, 0) is 30.3 Å². The van der Waals surface area contributed by atoms with Gasteiger partial charge in [0.15, 0.2) is 0 Å². The Morgan fingerprint density at radius 2 is 1.71 bits per heavy atom. The molecule has 0 N–H and O–H groups in total. The average Bonchev–Trinajstić information content (AvgIpc) is 2.96. The van der Waals surface area contributed by atoms with E-state index >= 15 is 0 Å². The first kappa shape index (κ1) is 13.2. The molecule has 0 aliphatic rings. The molecule has 2 heterocycles. The van der Waals surface area contributed by atoms with Crippen molar-refractivity contribution >= 4 is 11.1 Å². The molecule has 2 aromatic heterocycles. The van der Waals surface area contributed by atoms with Crippen molar-refractivity contribution in [1.29, 1.82) is 0 Å². The second-order valence-corrected chi connectivity index (χ2v) is 4.76. The molecule has 0 atom stereocenters. The molecule has 0 radical (unpaired) electrons. The standard InChI is InChI=1S/C15H14N2O4/c1-16-13(18)11-8-12(21-14(11)17(2)15(16)19)9-4-6-10(20-3)7-5-9/h4-8H,1-3H3. The van der Waals surface area contributed by atoms with Crippen LogP contribution in [0.25, 0.3) is 22.4 Å². The van der Waals surface area contributed by atoms with Crippen LogP contribution in [-0.4, -0.2) is 16.2 Å². The zero-order valence-electron chi connectivity index (χ0n) is 11.9.